The normalized spacial score (nSPS) is 30.6. The first-order chi connectivity index (χ1) is 4.70. The van der Waals surface area contributed by atoms with Crippen molar-refractivity contribution in [3.05, 3.63) is 0 Å². The molecule has 0 saturated heterocycles. The van der Waals surface area contributed by atoms with Crippen LogP contribution in [-0.2, 0) is 4.79 Å². The van der Waals surface area contributed by atoms with Crippen LogP contribution in [0.5, 0.6) is 0 Å². The number of carbonyl (C=O) groups excluding carboxylic acids is 1. The van der Waals surface area contributed by atoms with Gasteiger partial charge >= 0.3 is 29.6 Å². The summed E-state index contributed by atoms with van der Waals surface area (Å²) in [6.45, 7) is 2.17. The Hall–Kier alpha value is 0.470. The van der Waals surface area contributed by atoms with Crippen LogP contribution < -0.4 is 34.7 Å². The Morgan fingerprint density at radius 3 is 2.09 bits per heavy atom. The van der Waals surface area contributed by atoms with E-state index in [0.29, 0.717) is 0 Å². The molecule has 0 spiro atoms. The maximum absolute atomic E-state index is 10.3. The zero-order valence-corrected chi connectivity index (χ0v) is 9.30. The van der Waals surface area contributed by atoms with Crippen LogP contribution in [-0.4, -0.2) is 5.97 Å². The summed E-state index contributed by atoms with van der Waals surface area (Å²) >= 11 is 0. The molecule has 11 heavy (non-hydrogen) atoms. The van der Waals surface area contributed by atoms with Gasteiger partial charge in [-0.25, -0.2) is 0 Å². The summed E-state index contributed by atoms with van der Waals surface area (Å²) in [6, 6.07) is 0. The summed E-state index contributed by atoms with van der Waals surface area (Å²) in [4.78, 5) is 10.3. The van der Waals surface area contributed by atoms with Crippen LogP contribution in [0.2, 0.25) is 0 Å². The van der Waals surface area contributed by atoms with Gasteiger partial charge in [-0.15, -0.1) is 0 Å². The number of carboxylic acids is 1. The molecule has 2 nitrogen and oxygen atoms in total. The monoisotopic (exact) mass is 164 g/mol. The number of carbonyl (C=O) groups is 1. The van der Waals surface area contributed by atoms with E-state index in [1.807, 2.05) is 0 Å². The fraction of sp³-hybridized carbons (Fsp3) is 0.875. The fourth-order valence-corrected chi connectivity index (χ4v) is 1.50. The molecule has 58 valence electrons. The van der Waals surface area contributed by atoms with Crippen molar-refractivity contribution in [2.45, 2.75) is 32.6 Å². The van der Waals surface area contributed by atoms with Gasteiger partial charge in [0.25, 0.3) is 0 Å². The van der Waals surface area contributed by atoms with Gasteiger partial charge in [-0.2, -0.15) is 0 Å². The standard InChI is InChI=1S/C8H14O2.Na/c1-6-2-4-7(5-3-6)8(9)10;/h6-7H,2-5H2,1H3,(H,9,10);/q;+1/p-1. The summed E-state index contributed by atoms with van der Waals surface area (Å²) in [7, 11) is 0. The van der Waals surface area contributed by atoms with E-state index in [4.69, 9.17) is 0 Å². The molecule has 0 heterocycles. The summed E-state index contributed by atoms with van der Waals surface area (Å²) in [6.07, 6.45) is 3.75. The molecule has 0 N–H and O–H groups in total. The first kappa shape index (κ1) is 11.5. The molecule has 0 radical (unpaired) electrons. The number of hydrogen-bond donors (Lipinski definition) is 0. The van der Waals surface area contributed by atoms with Gasteiger partial charge < -0.3 is 9.90 Å². The van der Waals surface area contributed by atoms with Crippen molar-refractivity contribution in [1.29, 1.82) is 0 Å². The van der Waals surface area contributed by atoms with Crippen LogP contribution in [0.15, 0.2) is 0 Å². The second-order valence-electron chi connectivity index (χ2n) is 3.28. The van der Waals surface area contributed by atoms with Crippen LogP contribution in [0.3, 0.4) is 0 Å². The van der Waals surface area contributed by atoms with Gasteiger partial charge in [0.2, 0.25) is 0 Å². The average Bonchev–Trinajstić information content (AvgIpc) is 1.88. The average molecular weight is 164 g/mol. The van der Waals surface area contributed by atoms with Crippen molar-refractivity contribution in [2.24, 2.45) is 11.8 Å². The van der Waals surface area contributed by atoms with Gasteiger partial charge in [0.05, 0.1) is 0 Å². The van der Waals surface area contributed by atoms with Crippen molar-refractivity contribution in [2.75, 3.05) is 0 Å². The molecule has 0 bridgehead atoms. The Morgan fingerprint density at radius 1 is 1.27 bits per heavy atom. The number of rotatable bonds is 1. The summed E-state index contributed by atoms with van der Waals surface area (Å²) in [5, 5.41) is 10.3. The molecule has 1 saturated carbocycles. The Morgan fingerprint density at radius 2 is 1.73 bits per heavy atom. The molecule has 3 heteroatoms. The van der Waals surface area contributed by atoms with E-state index < -0.39 is 5.97 Å². The van der Waals surface area contributed by atoms with E-state index in [1.54, 1.807) is 0 Å². The minimum atomic E-state index is -0.855. The quantitative estimate of drug-likeness (QED) is 0.404. The molecule has 0 unspecified atom stereocenters. The third kappa shape index (κ3) is 3.59. The minimum Gasteiger partial charge on any atom is -0.550 e. The molecular weight excluding hydrogens is 151 g/mol. The van der Waals surface area contributed by atoms with E-state index >= 15 is 0 Å². The van der Waals surface area contributed by atoms with Crippen molar-refractivity contribution in [3.63, 3.8) is 0 Å². The van der Waals surface area contributed by atoms with Crippen molar-refractivity contribution < 1.29 is 39.5 Å². The summed E-state index contributed by atoms with van der Waals surface area (Å²) in [5.41, 5.74) is 0. The van der Waals surface area contributed by atoms with Gasteiger partial charge in [0.15, 0.2) is 0 Å². The Kier molecular flexibility index (Phi) is 5.40. The first-order valence-electron chi connectivity index (χ1n) is 3.91. The smallest absolute Gasteiger partial charge is 0.550 e. The number of aliphatic carboxylic acids is 1. The molecule has 1 fully saturated rings. The first-order valence-corrected chi connectivity index (χ1v) is 3.91. The minimum absolute atomic E-state index is 0. The fourth-order valence-electron chi connectivity index (χ4n) is 1.50. The Bertz CT molecular complexity index is 128. The summed E-state index contributed by atoms with van der Waals surface area (Å²) in [5.74, 6) is -0.293. The van der Waals surface area contributed by atoms with Crippen LogP contribution in [0.4, 0.5) is 0 Å². The number of hydrogen-bond acceptors (Lipinski definition) is 2. The molecule has 0 amide bonds. The Labute approximate surface area is 89.7 Å². The molecule has 1 rings (SSSR count). The zero-order chi connectivity index (χ0) is 7.56. The molecule has 0 aromatic rings. The van der Waals surface area contributed by atoms with E-state index in [0.717, 1.165) is 31.6 Å². The maximum atomic E-state index is 10.3. The predicted octanol–water partition coefficient (Wildman–Crippen LogP) is -2.43. The van der Waals surface area contributed by atoms with Gasteiger partial charge in [-0.05, 0) is 24.7 Å². The van der Waals surface area contributed by atoms with Gasteiger partial charge in [0, 0.05) is 5.97 Å². The third-order valence-corrected chi connectivity index (χ3v) is 2.35. The van der Waals surface area contributed by atoms with Crippen LogP contribution >= 0.6 is 0 Å². The van der Waals surface area contributed by atoms with E-state index in [9.17, 15) is 9.90 Å². The van der Waals surface area contributed by atoms with Gasteiger partial charge in [0.1, 0.15) is 0 Å². The van der Waals surface area contributed by atoms with Gasteiger partial charge in [-0.1, -0.05) is 19.8 Å². The van der Waals surface area contributed by atoms with Crippen molar-refractivity contribution >= 4 is 5.97 Å². The molecule has 0 aliphatic heterocycles. The molecule has 0 aromatic carbocycles. The van der Waals surface area contributed by atoms with Crippen molar-refractivity contribution in [3.8, 4) is 0 Å². The van der Waals surface area contributed by atoms with E-state index in [2.05, 4.69) is 6.92 Å². The molecule has 0 aromatic heterocycles. The molecule has 1 aliphatic carbocycles. The van der Waals surface area contributed by atoms with Crippen LogP contribution in [0.1, 0.15) is 32.6 Å². The largest absolute Gasteiger partial charge is 1.00 e. The van der Waals surface area contributed by atoms with Gasteiger partial charge in [-0.3, -0.25) is 0 Å². The van der Waals surface area contributed by atoms with Crippen molar-refractivity contribution in [1.82, 2.24) is 0 Å². The molecule has 0 atom stereocenters. The predicted molar refractivity (Wildman–Crippen MR) is 36.1 cm³/mol. The topological polar surface area (TPSA) is 40.1 Å². The third-order valence-electron chi connectivity index (χ3n) is 2.35. The SMILES string of the molecule is CC1CCC(C(=O)[O-])CC1.[Na+]. The van der Waals surface area contributed by atoms with E-state index in [-0.39, 0.29) is 35.5 Å². The van der Waals surface area contributed by atoms with Crippen LogP contribution in [0.25, 0.3) is 0 Å². The number of carboxylic acid groups (broad SMARTS) is 1. The zero-order valence-electron chi connectivity index (χ0n) is 7.30. The Balaban J connectivity index is 0.000001000. The van der Waals surface area contributed by atoms with E-state index in [1.165, 1.54) is 0 Å². The second kappa shape index (κ2) is 5.18. The maximum Gasteiger partial charge on any atom is 1.00 e. The van der Waals surface area contributed by atoms with Crippen LogP contribution in [0, 0.1) is 11.8 Å². The summed E-state index contributed by atoms with van der Waals surface area (Å²) < 4.78 is 0. The molecule has 1 aliphatic rings. The second-order valence-corrected chi connectivity index (χ2v) is 3.28. The molecular formula is C8H13NaO2.